The minimum atomic E-state index is -0.583. The molecule has 0 spiro atoms. The minimum Gasteiger partial charge on any atom is -0.862 e. The van der Waals surface area contributed by atoms with Gasteiger partial charge in [-0.25, -0.2) is 0 Å². The zero-order chi connectivity index (χ0) is 10.7. The molecule has 0 fully saturated rings. The van der Waals surface area contributed by atoms with Gasteiger partial charge in [-0.3, -0.25) is 0 Å². The van der Waals surface area contributed by atoms with Crippen LogP contribution in [0.3, 0.4) is 0 Å². The predicted molar refractivity (Wildman–Crippen MR) is 46.0 cm³/mol. The van der Waals surface area contributed by atoms with E-state index in [1.54, 1.807) is 0 Å². The normalized spacial score (nSPS) is 5.36. The third-order valence-electron chi connectivity index (χ3n) is 0. The fourth-order valence-corrected chi connectivity index (χ4v) is 0. The summed E-state index contributed by atoms with van der Waals surface area (Å²) in [6.07, 6.45) is 0. The molecule has 0 unspecified atom stereocenters. The molecule has 6 nitrogen and oxygen atoms in total. The van der Waals surface area contributed by atoms with Gasteiger partial charge < -0.3 is 31.5 Å². The Bertz CT molecular complexity index is 126. The summed E-state index contributed by atoms with van der Waals surface area (Å²) in [5.74, 6) is -1.75. The molecule has 0 saturated carbocycles. The molecular weight excluding hydrogens is 193 g/mol. The maximum atomic E-state index is 9.11. The Kier molecular flexibility index (Phi) is 48.0. The minimum absolute atomic E-state index is 0. The van der Waals surface area contributed by atoms with E-state index in [1.165, 1.54) is 20.8 Å². The van der Waals surface area contributed by atoms with Crippen LogP contribution >= 0.6 is 0 Å². The van der Waals surface area contributed by atoms with Crippen LogP contribution in [0.15, 0.2) is 0 Å². The van der Waals surface area contributed by atoms with Crippen LogP contribution in [-0.4, -0.2) is 40.7 Å². The third-order valence-corrected chi connectivity index (χ3v) is 0. The summed E-state index contributed by atoms with van der Waals surface area (Å²) in [6, 6.07) is 0. The van der Waals surface area contributed by atoms with Crippen LogP contribution in [0.5, 0.6) is 0 Å². The fourth-order valence-electron chi connectivity index (χ4n) is 0. The Morgan fingerprint density at radius 2 is 0.714 bits per heavy atom. The first-order chi connectivity index (χ1) is 5.20. The molecular formula is C6H12LiMgN3O3. The summed E-state index contributed by atoms with van der Waals surface area (Å²) in [6.45, 7) is 3.58. The van der Waals surface area contributed by atoms with Gasteiger partial charge in [0.2, 0.25) is 0 Å². The Balaban J connectivity index is -0.0000000270. The average Bonchev–Trinajstić information content (AvgIpc) is 1.54. The second-order valence-electron chi connectivity index (χ2n) is 1.67. The van der Waals surface area contributed by atoms with E-state index < -0.39 is 17.7 Å². The molecule has 0 aromatic heterocycles. The van der Waals surface area contributed by atoms with Crippen LogP contribution < -0.4 is 34.2 Å². The monoisotopic (exact) mass is 205 g/mol. The van der Waals surface area contributed by atoms with Crippen molar-refractivity contribution in [3.63, 3.8) is 0 Å². The summed E-state index contributed by atoms with van der Waals surface area (Å²) < 4.78 is 0. The van der Waals surface area contributed by atoms with Gasteiger partial charge in [0.05, 0.1) is 0 Å². The first-order valence-electron chi connectivity index (χ1n) is 2.86. The van der Waals surface area contributed by atoms with Gasteiger partial charge in [0.15, 0.2) is 0 Å². The largest absolute Gasteiger partial charge is 2.00 e. The van der Waals surface area contributed by atoms with E-state index >= 15 is 0 Å². The zero-order valence-electron chi connectivity index (χ0n) is 8.93. The van der Waals surface area contributed by atoms with Crippen molar-refractivity contribution < 1.29 is 34.2 Å². The molecule has 0 aliphatic rings. The van der Waals surface area contributed by atoms with Gasteiger partial charge in [-0.15, -0.1) is 0 Å². The Morgan fingerprint density at radius 3 is 0.714 bits per heavy atom. The van der Waals surface area contributed by atoms with Crippen LogP contribution in [0.4, 0.5) is 0 Å². The van der Waals surface area contributed by atoms with Gasteiger partial charge in [0, 0.05) is 0 Å². The summed E-state index contributed by atoms with van der Waals surface area (Å²) >= 11 is 0. The molecule has 8 heteroatoms. The third kappa shape index (κ3) is 26700. The van der Waals surface area contributed by atoms with Crippen LogP contribution in [0.25, 0.3) is 0 Å². The number of nitrogens with one attached hydrogen (secondary N) is 3. The van der Waals surface area contributed by atoms with E-state index in [4.69, 9.17) is 31.5 Å². The van der Waals surface area contributed by atoms with Crippen molar-refractivity contribution in [1.82, 2.24) is 0 Å². The first kappa shape index (κ1) is 29.2. The van der Waals surface area contributed by atoms with E-state index in [0.717, 1.165) is 0 Å². The summed E-state index contributed by atoms with van der Waals surface area (Å²) in [4.78, 5) is 0. The number of rotatable bonds is 0. The number of hydrogen-bond donors (Lipinski definition) is 3. The van der Waals surface area contributed by atoms with Crippen LogP contribution in [-0.2, 0) is 0 Å². The molecule has 0 rings (SSSR count). The molecule has 0 heterocycles. The summed E-state index contributed by atoms with van der Waals surface area (Å²) in [5, 5.41) is 45.2. The molecule has 72 valence electrons. The molecule has 0 aromatic rings. The summed E-state index contributed by atoms with van der Waals surface area (Å²) in [7, 11) is 0. The Labute approximate surface area is 112 Å². The molecule has 14 heavy (non-hydrogen) atoms. The van der Waals surface area contributed by atoms with Gasteiger partial charge in [0.1, 0.15) is 0 Å². The van der Waals surface area contributed by atoms with Gasteiger partial charge in [-0.2, -0.15) is 0 Å². The topological polar surface area (TPSA) is 141 Å². The molecule has 0 amide bonds. The van der Waals surface area contributed by atoms with Crippen LogP contribution in [0.2, 0.25) is 0 Å². The van der Waals surface area contributed by atoms with Crippen molar-refractivity contribution in [3.8, 4) is 0 Å². The molecule has 0 aliphatic carbocycles. The van der Waals surface area contributed by atoms with E-state index in [1.807, 2.05) is 0 Å². The van der Waals surface area contributed by atoms with Crippen LogP contribution in [0.1, 0.15) is 20.8 Å². The molecule has 3 N–H and O–H groups in total. The van der Waals surface area contributed by atoms with E-state index in [9.17, 15) is 0 Å². The van der Waals surface area contributed by atoms with Crippen LogP contribution in [0, 0.1) is 16.2 Å². The second kappa shape index (κ2) is 23.0. The maximum Gasteiger partial charge on any atom is 2.00 e. The van der Waals surface area contributed by atoms with E-state index in [-0.39, 0.29) is 41.9 Å². The maximum absolute atomic E-state index is 9.11. The molecule has 0 bridgehead atoms. The smallest absolute Gasteiger partial charge is 0.862 e. The Morgan fingerprint density at radius 1 is 0.714 bits per heavy atom. The molecule has 0 saturated heterocycles. The second-order valence-corrected chi connectivity index (χ2v) is 1.67. The van der Waals surface area contributed by atoms with E-state index in [0.29, 0.717) is 0 Å². The quantitative estimate of drug-likeness (QED) is 0.206. The van der Waals surface area contributed by atoms with Gasteiger partial charge in [-0.1, -0.05) is 0 Å². The van der Waals surface area contributed by atoms with Gasteiger partial charge >= 0.3 is 41.9 Å². The first-order valence-corrected chi connectivity index (χ1v) is 2.86. The zero-order valence-corrected chi connectivity index (χ0v) is 10.3. The molecule has 0 atom stereocenters. The van der Waals surface area contributed by atoms with Crippen molar-refractivity contribution in [2.24, 2.45) is 0 Å². The SMILES string of the molecule is CC(=N)[O-].CC(=N)[O-].CC(=N)[O-].[Li+].[Mg+2]. The van der Waals surface area contributed by atoms with Crippen molar-refractivity contribution in [3.05, 3.63) is 0 Å². The average molecular weight is 205 g/mol. The summed E-state index contributed by atoms with van der Waals surface area (Å²) in [5.41, 5.74) is 0. The molecule has 0 aromatic carbocycles. The van der Waals surface area contributed by atoms with Crippen molar-refractivity contribution in [2.75, 3.05) is 0 Å². The molecule has 0 radical (unpaired) electrons. The number of hydrogen-bond acceptors (Lipinski definition) is 6. The standard InChI is InChI=1S/3C2H5NO.Li.Mg/c3*1-2(3)4;;/h3*1H3,(H2,3,4);;/q;;;+1;+2/p-3. The van der Waals surface area contributed by atoms with Gasteiger partial charge in [-0.05, 0) is 38.5 Å². The van der Waals surface area contributed by atoms with Crippen molar-refractivity contribution in [1.29, 1.82) is 16.2 Å². The van der Waals surface area contributed by atoms with E-state index in [2.05, 4.69) is 0 Å². The fraction of sp³-hybridized carbons (Fsp3) is 0.500. The molecule has 0 aliphatic heterocycles. The van der Waals surface area contributed by atoms with Crippen molar-refractivity contribution in [2.45, 2.75) is 20.8 Å². The van der Waals surface area contributed by atoms with Gasteiger partial charge in [0.25, 0.3) is 0 Å². The predicted octanol–water partition coefficient (Wildman–Crippen LogP) is -5.35. The van der Waals surface area contributed by atoms with Crippen molar-refractivity contribution >= 4 is 40.7 Å². The Hall–Kier alpha value is -0.226.